The van der Waals surface area contributed by atoms with Crippen LogP contribution in [0.4, 0.5) is 0 Å². The number of Topliss-reactive ketones (excluding diaryl/α,β-unsaturated/α-hetero) is 1. The molecule has 0 bridgehead atoms. The zero-order chi connectivity index (χ0) is 12.1. The Morgan fingerprint density at radius 3 is 2.88 bits per heavy atom. The highest BCUT2D eigenvalue weighted by Crippen LogP contribution is 2.28. The van der Waals surface area contributed by atoms with Gasteiger partial charge < -0.3 is 4.74 Å². The zero-order valence-corrected chi connectivity index (χ0v) is 10.5. The molecule has 1 heterocycles. The van der Waals surface area contributed by atoms with Crippen LogP contribution in [0.25, 0.3) is 0 Å². The lowest BCUT2D eigenvalue weighted by Gasteiger charge is -2.09. The normalized spacial score (nSPS) is 19.2. The van der Waals surface area contributed by atoms with Gasteiger partial charge in [0.25, 0.3) is 0 Å². The summed E-state index contributed by atoms with van der Waals surface area (Å²) in [5.74, 6) is 1.74. The second-order valence-corrected chi connectivity index (χ2v) is 4.72. The van der Waals surface area contributed by atoms with E-state index in [0.717, 1.165) is 22.0 Å². The third kappa shape index (κ3) is 3.01. The number of allylic oxidation sites excluding steroid dienone is 3. The Kier molecular flexibility index (Phi) is 4.04. The summed E-state index contributed by atoms with van der Waals surface area (Å²) >= 11 is 1.67. The minimum Gasteiger partial charge on any atom is -0.497 e. The van der Waals surface area contributed by atoms with Crippen molar-refractivity contribution in [2.45, 2.75) is 11.3 Å². The number of ether oxygens (including phenoxy) is 1. The lowest BCUT2D eigenvalue weighted by Crippen LogP contribution is -2.01. The van der Waals surface area contributed by atoms with Crippen molar-refractivity contribution >= 4 is 17.5 Å². The highest BCUT2D eigenvalue weighted by atomic mass is 32.2. The molecule has 1 aromatic rings. The first kappa shape index (κ1) is 12.0. The smallest absolute Gasteiger partial charge is 0.167 e. The second kappa shape index (κ2) is 5.73. The van der Waals surface area contributed by atoms with Crippen LogP contribution in [0.2, 0.25) is 0 Å². The molecule has 0 aliphatic carbocycles. The number of rotatable bonds is 1. The molecule has 0 amide bonds. The van der Waals surface area contributed by atoms with Crippen molar-refractivity contribution < 1.29 is 9.53 Å². The van der Waals surface area contributed by atoms with Gasteiger partial charge in [-0.05, 0) is 18.2 Å². The topological polar surface area (TPSA) is 26.3 Å². The fraction of sp³-hybridized carbons (Fsp3) is 0.214. The maximum Gasteiger partial charge on any atom is 0.167 e. The number of hydrogen-bond acceptors (Lipinski definition) is 3. The molecule has 0 fully saturated rings. The van der Waals surface area contributed by atoms with Crippen molar-refractivity contribution in [1.29, 1.82) is 0 Å². The predicted molar refractivity (Wildman–Crippen MR) is 70.9 cm³/mol. The number of fused-ring (bicyclic) bond motifs is 1. The summed E-state index contributed by atoms with van der Waals surface area (Å²) in [6, 6.07) is 5.67. The van der Waals surface area contributed by atoms with Gasteiger partial charge in [-0.25, -0.2) is 0 Å². The van der Waals surface area contributed by atoms with E-state index in [1.54, 1.807) is 18.9 Å². The molecular weight excluding hydrogens is 232 g/mol. The Labute approximate surface area is 105 Å². The highest BCUT2D eigenvalue weighted by molar-refractivity contribution is 7.99. The molecule has 0 spiro atoms. The Morgan fingerprint density at radius 1 is 1.24 bits per heavy atom. The number of carbonyl (C=O) groups is 1. The van der Waals surface area contributed by atoms with E-state index in [0.29, 0.717) is 6.42 Å². The minimum atomic E-state index is 0.137. The molecule has 0 radical (unpaired) electrons. The second-order valence-electron chi connectivity index (χ2n) is 3.66. The fourth-order valence-corrected chi connectivity index (χ4v) is 2.49. The molecule has 17 heavy (non-hydrogen) atoms. The number of hydrogen-bond donors (Lipinski definition) is 0. The molecule has 1 aromatic carbocycles. The van der Waals surface area contributed by atoms with Crippen LogP contribution in [0.5, 0.6) is 5.75 Å². The summed E-state index contributed by atoms with van der Waals surface area (Å²) in [4.78, 5) is 13.1. The number of thioether (sulfide) groups is 1. The largest absolute Gasteiger partial charge is 0.497 e. The number of carbonyl (C=O) groups excluding carboxylic acids is 1. The van der Waals surface area contributed by atoms with E-state index in [9.17, 15) is 4.79 Å². The van der Waals surface area contributed by atoms with Crippen LogP contribution < -0.4 is 4.74 Å². The summed E-state index contributed by atoms with van der Waals surface area (Å²) in [6.45, 7) is 0. The summed E-state index contributed by atoms with van der Waals surface area (Å²) in [6.07, 6.45) is 8.31. The average molecular weight is 246 g/mol. The molecular formula is C14H14O2S. The Bertz CT molecular complexity index is 475. The SMILES string of the molecule is COc1ccc2c(c1)C(=O)C/C=C\C=C/CS2. The van der Waals surface area contributed by atoms with Gasteiger partial charge in [-0.2, -0.15) is 0 Å². The summed E-state index contributed by atoms with van der Waals surface area (Å²) in [5.41, 5.74) is 0.759. The van der Waals surface area contributed by atoms with E-state index in [2.05, 4.69) is 6.08 Å². The fourth-order valence-electron chi connectivity index (χ4n) is 1.62. The lowest BCUT2D eigenvalue weighted by molar-refractivity contribution is 0.0992. The van der Waals surface area contributed by atoms with E-state index < -0.39 is 0 Å². The van der Waals surface area contributed by atoms with E-state index in [1.165, 1.54) is 0 Å². The van der Waals surface area contributed by atoms with Crippen molar-refractivity contribution in [3.8, 4) is 5.75 Å². The maximum absolute atomic E-state index is 12.0. The molecule has 88 valence electrons. The van der Waals surface area contributed by atoms with Gasteiger partial charge in [0.1, 0.15) is 5.75 Å². The molecule has 0 N–H and O–H groups in total. The van der Waals surface area contributed by atoms with Crippen LogP contribution in [0.15, 0.2) is 47.4 Å². The van der Waals surface area contributed by atoms with Gasteiger partial charge in [0, 0.05) is 22.6 Å². The predicted octanol–water partition coefficient (Wildman–Crippen LogP) is 3.49. The Morgan fingerprint density at radius 2 is 2.06 bits per heavy atom. The molecule has 0 unspecified atom stereocenters. The maximum atomic E-state index is 12.0. The van der Waals surface area contributed by atoms with Crippen LogP contribution in [0, 0.1) is 0 Å². The number of methoxy groups -OCH3 is 1. The first-order valence-electron chi connectivity index (χ1n) is 5.47. The molecule has 2 rings (SSSR count). The standard InChI is InChI=1S/C14H14O2S/c1-16-11-7-8-14-12(10-11)13(15)6-4-2-3-5-9-17-14/h2-5,7-8,10H,6,9H2,1H3/b4-2-,5-3-. The van der Waals surface area contributed by atoms with Crippen molar-refractivity contribution in [1.82, 2.24) is 0 Å². The van der Waals surface area contributed by atoms with Gasteiger partial charge in [0.15, 0.2) is 5.78 Å². The van der Waals surface area contributed by atoms with Crippen molar-refractivity contribution in [3.63, 3.8) is 0 Å². The van der Waals surface area contributed by atoms with Gasteiger partial charge >= 0.3 is 0 Å². The van der Waals surface area contributed by atoms with E-state index in [1.807, 2.05) is 36.4 Å². The molecule has 0 aromatic heterocycles. The molecule has 0 atom stereocenters. The van der Waals surface area contributed by atoms with Crippen LogP contribution >= 0.6 is 11.8 Å². The Hall–Kier alpha value is -1.48. The molecule has 0 saturated carbocycles. The van der Waals surface area contributed by atoms with E-state index in [4.69, 9.17) is 4.74 Å². The van der Waals surface area contributed by atoms with Gasteiger partial charge in [0.2, 0.25) is 0 Å². The first-order chi connectivity index (χ1) is 8.31. The van der Waals surface area contributed by atoms with Crippen molar-refractivity contribution in [3.05, 3.63) is 48.1 Å². The summed E-state index contributed by atoms with van der Waals surface area (Å²) in [7, 11) is 1.61. The van der Waals surface area contributed by atoms with E-state index >= 15 is 0 Å². The summed E-state index contributed by atoms with van der Waals surface area (Å²) in [5, 5.41) is 0. The number of ketones is 1. The molecule has 0 saturated heterocycles. The lowest BCUT2D eigenvalue weighted by atomic mass is 10.1. The monoisotopic (exact) mass is 246 g/mol. The van der Waals surface area contributed by atoms with E-state index in [-0.39, 0.29) is 5.78 Å². The molecule has 2 nitrogen and oxygen atoms in total. The highest BCUT2D eigenvalue weighted by Gasteiger charge is 2.12. The van der Waals surface area contributed by atoms with Crippen molar-refractivity contribution in [2.75, 3.05) is 12.9 Å². The molecule has 1 aliphatic heterocycles. The van der Waals surface area contributed by atoms with Gasteiger partial charge in [0.05, 0.1) is 7.11 Å². The van der Waals surface area contributed by atoms with Crippen LogP contribution in [0.1, 0.15) is 16.8 Å². The van der Waals surface area contributed by atoms with Crippen molar-refractivity contribution in [2.24, 2.45) is 0 Å². The third-order valence-corrected chi connectivity index (χ3v) is 3.53. The molecule has 3 heteroatoms. The quantitative estimate of drug-likeness (QED) is 0.758. The van der Waals surface area contributed by atoms with Gasteiger partial charge in [-0.1, -0.05) is 24.3 Å². The average Bonchev–Trinajstić information content (AvgIpc) is 2.37. The van der Waals surface area contributed by atoms with Crippen LogP contribution in [-0.4, -0.2) is 18.6 Å². The van der Waals surface area contributed by atoms with Gasteiger partial charge in [-0.15, -0.1) is 11.8 Å². The van der Waals surface area contributed by atoms with Crippen LogP contribution in [0.3, 0.4) is 0 Å². The first-order valence-corrected chi connectivity index (χ1v) is 6.45. The van der Waals surface area contributed by atoms with Crippen LogP contribution in [-0.2, 0) is 0 Å². The minimum absolute atomic E-state index is 0.137. The summed E-state index contributed by atoms with van der Waals surface area (Å²) < 4.78 is 5.16. The zero-order valence-electron chi connectivity index (χ0n) is 9.68. The van der Waals surface area contributed by atoms with Gasteiger partial charge in [-0.3, -0.25) is 4.79 Å². The molecule has 1 aliphatic rings. The number of benzene rings is 1. The third-order valence-electron chi connectivity index (χ3n) is 2.51. The Balaban J connectivity index is 2.39.